The smallest absolute Gasteiger partial charge is 0.295 e. The molecule has 2 rings (SSSR count). The Morgan fingerprint density at radius 3 is 2.80 bits per heavy atom. The second-order valence-electron chi connectivity index (χ2n) is 3.12. The highest BCUT2D eigenvalue weighted by molar-refractivity contribution is 5.17. The Bertz CT molecular complexity index is 522. The van der Waals surface area contributed by atoms with Gasteiger partial charge >= 0.3 is 5.69 Å². The van der Waals surface area contributed by atoms with Crippen molar-refractivity contribution >= 4 is 0 Å². The molecule has 0 unspecified atom stereocenters. The van der Waals surface area contributed by atoms with Crippen LogP contribution in [-0.4, -0.2) is 9.55 Å². The molecule has 0 amide bonds. The van der Waals surface area contributed by atoms with E-state index < -0.39 is 0 Å². The third-order valence-electron chi connectivity index (χ3n) is 2.08. The minimum Gasteiger partial charge on any atom is -0.295 e. The van der Waals surface area contributed by atoms with Crippen molar-refractivity contribution in [3.05, 3.63) is 64.6 Å². The molecule has 4 heteroatoms. The SMILES string of the molecule is O=c1ncccn1Cc1ccccc1F. The van der Waals surface area contributed by atoms with Gasteiger partial charge in [-0.15, -0.1) is 0 Å². The van der Waals surface area contributed by atoms with Crippen LogP contribution >= 0.6 is 0 Å². The normalized spacial score (nSPS) is 10.2. The molecule has 0 N–H and O–H groups in total. The molecule has 3 nitrogen and oxygen atoms in total. The van der Waals surface area contributed by atoms with E-state index in [4.69, 9.17) is 0 Å². The monoisotopic (exact) mass is 204 g/mol. The minimum absolute atomic E-state index is 0.208. The molecule has 0 spiro atoms. The van der Waals surface area contributed by atoms with Gasteiger partial charge in [0.2, 0.25) is 0 Å². The third-order valence-corrected chi connectivity index (χ3v) is 2.08. The zero-order chi connectivity index (χ0) is 10.7. The van der Waals surface area contributed by atoms with E-state index in [0.717, 1.165) is 0 Å². The van der Waals surface area contributed by atoms with Crippen molar-refractivity contribution in [2.24, 2.45) is 0 Å². The van der Waals surface area contributed by atoms with Crippen LogP contribution in [0, 0.1) is 5.82 Å². The molecule has 76 valence electrons. The fraction of sp³-hybridized carbons (Fsp3) is 0.0909. The van der Waals surface area contributed by atoms with Crippen molar-refractivity contribution in [3.63, 3.8) is 0 Å². The summed E-state index contributed by atoms with van der Waals surface area (Å²) in [4.78, 5) is 14.9. The molecule has 0 fully saturated rings. The van der Waals surface area contributed by atoms with Crippen molar-refractivity contribution in [1.29, 1.82) is 0 Å². The first-order valence-corrected chi connectivity index (χ1v) is 4.52. The lowest BCUT2D eigenvalue weighted by atomic mass is 10.2. The summed E-state index contributed by atoms with van der Waals surface area (Å²) in [6.45, 7) is 0.208. The molecule has 0 aliphatic rings. The Balaban J connectivity index is 2.34. The Kier molecular flexibility index (Phi) is 2.58. The van der Waals surface area contributed by atoms with Crippen LogP contribution in [0.2, 0.25) is 0 Å². The molecule has 0 saturated heterocycles. The molecular weight excluding hydrogens is 195 g/mol. The quantitative estimate of drug-likeness (QED) is 0.741. The molecule has 0 aliphatic carbocycles. The van der Waals surface area contributed by atoms with E-state index in [1.807, 2.05) is 0 Å². The van der Waals surface area contributed by atoms with Crippen LogP contribution in [0.25, 0.3) is 0 Å². The van der Waals surface area contributed by atoms with Gasteiger partial charge in [-0.2, -0.15) is 0 Å². The summed E-state index contributed by atoms with van der Waals surface area (Å²) in [6.07, 6.45) is 3.00. The second-order valence-corrected chi connectivity index (χ2v) is 3.12. The van der Waals surface area contributed by atoms with E-state index in [1.165, 1.54) is 16.8 Å². The van der Waals surface area contributed by atoms with Gasteiger partial charge in [-0.05, 0) is 12.1 Å². The molecule has 0 saturated carbocycles. The Hall–Kier alpha value is -1.97. The van der Waals surface area contributed by atoms with Crippen LogP contribution in [0.15, 0.2) is 47.5 Å². The summed E-state index contributed by atoms with van der Waals surface area (Å²) in [5, 5.41) is 0. The van der Waals surface area contributed by atoms with Crippen molar-refractivity contribution in [3.8, 4) is 0 Å². The fourth-order valence-electron chi connectivity index (χ4n) is 1.32. The van der Waals surface area contributed by atoms with E-state index >= 15 is 0 Å². The van der Waals surface area contributed by atoms with Crippen LogP contribution in [-0.2, 0) is 6.54 Å². The summed E-state index contributed by atoms with van der Waals surface area (Å²) in [7, 11) is 0. The average Bonchev–Trinajstić information content (AvgIpc) is 2.24. The largest absolute Gasteiger partial charge is 0.347 e. The molecule has 1 aromatic heterocycles. The molecule has 2 aromatic rings. The highest BCUT2D eigenvalue weighted by Gasteiger charge is 2.02. The maximum Gasteiger partial charge on any atom is 0.347 e. The maximum atomic E-state index is 13.3. The first-order chi connectivity index (χ1) is 7.27. The van der Waals surface area contributed by atoms with Crippen molar-refractivity contribution in [2.75, 3.05) is 0 Å². The van der Waals surface area contributed by atoms with Gasteiger partial charge in [0.1, 0.15) is 5.82 Å². The van der Waals surface area contributed by atoms with Gasteiger partial charge in [-0.25, -0.2) is 14.2 Å². The van der Waals surface area contributed by atoms with Crippen molar-refractivity contribution in [1.82, 2.24) is 9.55 Å². The van der Waals surface area contributed by atoms with E-state index in [-0.39, 0.29) is 18.1 Å². The number of nitrogens with zero attached hydrogens (tertiary/aromatic N) is 2. The Morgan fingerprint density at radius 2 is 2.07 bits per heavy atom. The van der Waals surface area contributed by atoms with E-state index in [0.29, 0.717) is 5.56 Å². The predicted molar refractivity (Wildman–Crippen MR) is 54.0 cm³/mol. The lowest BCUT2D eigenvalue weighted by Gasteiger charge is -2.04. The van der Waals surface area contributed by atoms with Crippen LogP contribution < -0.4 is 5.69 Å². The van der Waals surface area contributed by atoms with Gasteiger partial charge in [-0.3, -0.25) is 4.57 Å². The van der Waals surface area contributed by atoms with Crippen molar-refractivity contribution < 1.29 is 4.39 Å². The van der Waals surface area contributed by atoms with Gasteiger partial charge in [0.15, 0.2) is 0 Å². The van der Waals surface area contributed by atoms with Gasteiger partial charge < -0.3 is 0 Å². The topological polar surface area (TPSA) is 34.9 Å². The zero-order valence-electron chi connectivity index (χ0n) is 7.93. The van der Waals surface area contributed by atoms with Gasteiger partial charge in [-0.1, -0.05) is 18.2 Å². The maximum absolute atomic E-state index is 13.3. The lowest BCUT2D eigenvalue weighted by molar-refractivity contribution is 0.593. The molecule has 0 aliphatic heterocycles. The van der Waals surface area contributed by atoms with E-state index in [2.05, 4.69) is 4.98 Å². The standard InChI is InChI=1S/C11H9FN2O/c12-10-5-2-1-4-9(10)8-14-7-3-6-13-11(14)15/h1-7H,8H2. The van der Waals surface area contributed by atoms with Gasteiger partial charge in [0.05, 0.1) is 6.54 Å². The first-order valence-electron chi connectivity index (χ1n) is 4.52. The number of rotatable bonds is 2. The summed E-state index contributed by atoms with van der Waals surface area (Å²) >= 11 is 0. The summed E-state index contributed by atoms with van der Waals surface area (Å²) in [6, 6.07) is 8.01. The van der Waals surface area contributed by atoms with E-state index in [9.17, 15) is 9.18 Å². The molecule has 1 heterocycles. The van der Waals surface area contributed by atoms with Crippen LogP contribution in [0.3, 0.4) is 0 Å². The number of hydrogen-bond donors (Lipinski definition) is 0. The average molecular weight is 204 g/mol. The van der Waals surface area contributed by atoms with Gasteiger partial charge in [0, 0.05) is 18.0 Å². The molecule has 0 radical (unpaired) electrons. The van der Waals surface area contributed by atoms with Crippen LogP contribution in [0.4, 0.5) is 4.39 Å². The van der Waals surface area contributed by atoms with Crippen LogP contribution in [0.5, 0.6) is 0 Å². The molecule has 0 bridgehead atoms. The van der Waals surface area contributed by atoms with Crippen LogP contribution in [0.1, 0.15) is 5.56 Å². The Labute approximate surface area is 85.8 Å². The van der Waals surface area contributed by atoms with Crippen molar-refractivity contribution in [2.45, 2.75) is 6.54 Å². The Morgan fingerprint density at radius 1 is 1.27 bits per heavy atom. The number of halogens is 1. The molecule has 15 heavy (non-hydrogen) atoms. The molecule has 0 atom stereocenters. The summed E-state index contributed by atoms with van der Waals surface area (Å²) in [5.74, 6) is -0.312. The summed E-state index contributed by atoms with van der Waals surface area (Å²) < 4.78 is 14.6. The third kappa shape index (κ3) is 2.10. The van der Waals surface area contributed by atoms with E-state index in [1.54, 1.807) is 30.5 Å². The molecular formula is C11H9FN2O. The fourth-order valence-corrected chi connectivity index (χ4v) is 1.32. The highest BCUT2D eigenvalue weighted by atomic mass is 19.1. The second kappa shape index (κ2) is 4.04. The highest BCUT2D eigenvalue weighted by Crippen LogP contribution is 2.06. The zero-order valence-corrected chi connectivity index (χ0v) is 7.93. The number of hydrogen-bond acceptors (Lipinski definition) is 2. The number of benzene rings is 1. The predicted octanol–water partition coefficient (Wildman–Crippen LogP) is 1.43. The lowest BCUT2D eigenvalue weighted by Crippen LogP contribution is -2.22. The first kappa shape index (κ1) is 9.58. The minimum atomic E-state index is -0.374. The number of aromatic nitrogens is 2. The van der Waals surface area contributed by atoms with Gasteiger partial charge in [0.25, 0.3) is 0 Å². The molecule has 1 aromatic carbocycles. The summed E-state index contributed by atoms with van der Waals surface area (Å²) in [5.41, 5.74) is 0.105.